The van der Waals surface area contributed by atoms with Crippen molar-refractivity contribution in [3.8, 4) is 0 Å². The molecule has 0 N–H and O–H groups in total. The van der Waals surface area contributed by atoms with Gasteiger partial charge in [-0.25, -0.2) is 4.79 Å². The third kappa shape index (κ3) is 9.86. The van der Waals surface area contributed by atoms with Crippen molar-refractivity contribution in [2.24, 2.45) is 0 Å². The molecule has 0 aliphatic heterocycles. The minimum atomic E-state index is -3.76. The highest BCUT2D eigenvalue weighted by atomic mass is 32.2. The lowest BCUT2D eigenvalue weighted by Crippen LogP contribution is -2.26. The Hall–Kier alpha value is -1.48. The van der Waals surface area contributed by atoms with E-state index in [1.807, 2.05) is 6.92 Å². The topological polar surface area (TPSA) is 88.1 Å². The van der Waals surface area contributed by atoms with Gasteiger partial charge in [0.15, 0.2) is 0 Å². The number of esters is 1. The molecule has 0 saturated carbocycles. The lowest BCUT2D eigenvalue weighted by molar-refractivity contribution is -0.160. The number of aryl methyl sites for hydroxylation is 1. The minimum absolute atomic E-state index is 0.0605. The van der Waals surface area contributed by atoms with E-state index in [1.165, 1.54) is 12.1 Å². The molecule has 0 aliphatic rings. The maximum absolute atomic E-state index is 11.9. The second-order valence-electron chi connectivity index (χ2n) is 6.69. The van der Waals surface area contributed by atoms with Gasteiger partial charge in [-0.15, -0.1) is 0 Å². The number of ether oxygens (including phenoxy) is 3. The molecule has 0 aliphatic carbocycles. The lowest BCUT2D eigenvalue weighted by atomic mass is 10.2. The first kappa shape index (κ1) is 22.6. The van der Waals surface area contributed by atoms with Crippen LogP contribution in [0.4, 0.5) is 0 Å². The van der Waals surface area contributed by atoms with Gasteiger partial charge in [0.25, 0.3) is 10.1 Å². The van der Waals surface area contributed by atoms with Crippen LogP contribution in [0.15, 0.2) is 29.2 Å². The molecule has 0 heterocycles. The summed E-state index contributed by atoms with van der Waals surface area (Å²) in [5, 5.41) is 0. The summed E-state index contributed by atoms with van der Waals surface area (Å²) in [5.74, 6) is -0.409. The fourth-order valence-corrected chi connectivity index (χ4v) is 2.76. The van der Waals surface area contributed by atoms with Gasteiger partial charge >= 0.3 is 5.97 Å². The Kier molecular flexibility index (Phi) is 9.21. The highest BCUT2D eigenvalue weighted by Crippen LogP contribution is 2.13. The van der Waals surface area contributed by atoms with Crippen LogP contribution in [-0.4, -0.2) is 53.0 Å². The van der Waals surface area contributed by atoms with Gasteiger partial charge in [0.2, 0.25) is 0 Å². The smallest absolute Gasteiger partial charge is 0.332 e. The van der Waals surface area contributed by atoms with E-state index in [2.05, 4.69) is 0 Å². The third-order valence-electron chi connectivity index (χ3n) is 2.99. The van der Waals surface area contributed by atoms with Crippen LogP contribution in [0.2, 0.25) is 0 Å². The van der Waals surface area contributed by atoms with Crippen molar-refractivity contribution in [2.45, 2.75) is 44.6 Å². The van der Waals surface area contributed by atoms with Crippen LogP contribution < -0.4 is 0 Å². The largest absolute Gasteiger partial charge is 0.458 e. The zero-order valence-electron chi connectivity index (χ0n) is 15.8. The molecule has 0 unspecified atom stereocenters. The Balaban J connectivity index is 2.07. The van der Waals surface area contributed by atoms with Gasteiger partial charge in [-0.2, -0.15) is 8.42 Å². The average Bonchev–Trinajstić information content (AvgIpc) is 2.52. The maximum Gasteiger partial charge on any atom is 0.332 e. The standard InChI is InChI=1S/C18H28O7S/c1-15-6-8-16(9-7-15)26(20,21)24-13-12-22-10-5-11-23-14-17(19)25-18(2,3)4/h6-9H,5,10-14H2,1-4H3. The molecule has 7 nitrogen and oxygen atoms in total. The average molecular weight is 388 g/mol. The van der Waals surface area contributed by atoms with Gasteiger partial charge in [-0.05, 0) is 46.2 Å². The number of hydrogen-bond acceptors (Lipinski definition) is 7. The van der Waals surface area contributed by atoms with Crippen molar-refractivity contribution >= 4 is 16.1 Å². The second-order valence-corrected chi connectivity index (χ2v) is 8.31. The first-order valence-corrected chi connectivity index (χ1v) is 9.84. The lowest BCUT2D eigenvalue weighted by Gasteiger charge is -2.19. The van der Waals surface area contributed by atoms with Gasteiger partial charge in [0.1, 0.15) is 12.2 Å². The summed E-state index contributed by atoms with van der Waals surface area (Å²) in [6.07, 6.45) is 0.577. The van der Waals surface area contributed by atoms with Crippen LogP contribution in [-0.2, 0) is 33.3 Å². The van der Waals surface area contributed by atoms with Crippen molar-refractivity contribution in [1.29, 1.82) is 0 Å². The quantitative estimate of drug-likeness (QED) is 0.327. The van der Waals surface area contributed by atoms with E-state index in [-0.39, 0.29) is 24.7 Å². The van der Waals surface area contributed by atoms with Gasteiger partial charge in [-0.3, -0.25) is 4.18 Å². The molecule has 0 amide bonds. The second kappa shape index (κ2) is 10.6. The predicted molar refractivity (Wildman–Crippen MR) is 96.4 cm³/mol. The number of hydrogen-bond donors (Lipinski definition) is 0. The first-order valence-electron chi connectivity index (χ1n) is 8.43. The molecule has 0 saturated heterocycles. The Labute approximate surface area is 155 Å². The number of carbonyl (C=O) groups is 1. The molecule has 26 heavy (non-hydrogen) atoms. The highest BCUT2D eigenvalue weighted by Gasteiger charge is 2.16. The Morgan fingerprint density at radius 1 is 0.962 bits per heavy atom. The van der Waals surface area contributed by atoms with Crippen molar-refractivity contribution in [1.82, 2.24) is 0 Å². The van der Waals surface area contributed by atoms with Crippen molar-refractivity contribution < 1.29 is 31.6 Å². The molecule has 0 aromatic heterocycles. The van der Waals surface area contributed by atoms with Gasteiger partial charge in [-0.1, -0.05) is 17.7 Å². The van der Waals surface area contributed by atoms with E-state index >= 15 is 0 Å². The van der Waals surface area contributed by atoms with Crippen LogP contribution in [0.1, 0.15) is 32.8 Å². The van der Waals surface area contributed by atoms with E-state index in [0.717, 1.165) is 5.56 Å². The summed E-state index contributed by atoms with van der Waals surface area (Å²) in [6.45, 7) is 7.97. The number of rotatable bonds is 11. The zero-order chi connectivity index (χ0) is 19.6. The zero-order valence-corrected chi connectivity index (χ0v) is 16.6. The SMILES string of the molecule is Cc1ccc(S(=O)(=O)OCCOCCCOCC(=O)OC(C)(C)C)cc1. The summed E-state index contributed by atoms with van der Waals surface area (Å²) < 4.78 is 44.4. The highest BCUT2D eigenvalue weighted by molar-refractivity contribution is 7.86. The minimum Gasteiger partial charge on any atom is -0.458 e. The van der Waals surface area contributed by atoms with Crippen LogP contribution in [0.3, 0.4) is 0 Å². The summed E-state index contributed by atoms with van der Waals surface area (Å²) >= 11 is 0. The van der Waals surface area contributed by atoms with E-state index in [4.69, 9.17) is 18.4 Å². The molecule has 8 heteroatoms. The molecule has 0 fully saturated rings. The van der Waals surface area contributed by atoms with Crippen LogP contribution in [0.5, 0.6) is 0 Å². The van der Waals surface area contributed by atoms with Gasteiger partial charge in [0.05, 0.1) is 18.1 Å². The van der Waals surface area contributed by atoms with E-state index in [1.54, 1.807) is 32.9 Å². The van der Waals surface area contributed by atoms with E-state index in [0.29, 0.717) is 19.6 Å². The molecule has 0 radical (unpaired) electrons. The predicted octanol–water partition coefficient (Wildman–Crippen LogP) is 2.47. The molecular weight excluding hydrogens is 360 g/mol. The molecule has 148 valence electrons. The van der Waals surface area contributed by atoms with Crippen molar-refractivity contribution in [3.05, 3.63) is 29.8 Å². The molecule has 1 aromatic rings. The molecule has 0 spiro atoms. The molecular formula is C18H28O7S. The third-order valence-corrected chi connectivity index (χ3v) is 4.32. The fraction of sp³-hybridized carbons (Fsp3) is 0.611. The van der Waals surface area contributed by atoms with Gasteiger partial charge in [0, 0.05) is 13.2 Å². The maximum atomic E-state index is 11.9. The summed E-state index contributed by atoms with van der Waals surface area (Å²) in [4.78, 5) is 11.5. The Bertz CT molecular complexity index is 645. The summed E-state index contributed by atoms with van der Waals surface area (Å²) in [5.41, 5.74) is 0.448. The van der Waals surface area contributed by atoms with Gasteiger partial charge < -0.3 is 14.2 Å². The van der Waals surface area contributed by atoms with Crippen molar-refractivity contribution in [2.75, 3.05) is 33.0 Å². The molecule has 0 atom stereocenters. The summed E-state index contributed by atoms with van der Waals surface area (Å²) in [7, 11) is -3.76. The van der Waals surface area contributed by atoms with E-state index < -0.39 is 21.7 Å². The van der Waals surface area contributed by atoms with Crippen LogP contribution >= 0.6 is 0 Å². The normalized spacial score (nSPS) is 12.2. The number of benzene rings is 1. The number of carbonyl (C=O) groups excluding carboxylic acids is 1. The fourth-order valence-electron chi connectivity index (χ4n) is 1.87. The Morgan fingerprint density at radius 3 is 2.19 bits per heavy atom. The van der Waals surface area contributed by atoms with Crippen molar-refractivity contribution in [3.63, 3.8) is 0 Å². The molecule has 1 aromatic carbocycles. The van der Waals surface area contributed by atoms with E-state index in [9.17, 15) is 13.2 Å². The summed E-state index contributed by atoms with van der Waals surface area (Å²) in [6, 6.07) is 6.44. The monoisotopic (exact) mass is 388 g/mol. The Morgan fingerprint density at radius 2 is 1.58 bits per heavy atom. The first-order chi connectivity index (χ1) is 12.1. The van der Waals surface area contributed by atoms with Crippen LogP contribution in [0, 0.1) is 6.92 Å². The molecule has 0 bridgehead atoms. The van der Waals surface area contributed by atoms with Crippen LogP contribution in [0.25, 0.3) is 0 Å². The molecule has 1 rings (SSSR count).